The first-order valence-corrected chi connectivity index (χ1v) is 8.24. The second-order valence-electron chi connectivity index (χ2n) is 5.39. The van der Waals surface area contributed by atoms with E-state index in [0.717, 1.165) is 42.8 Å². The monoisotopic (exact) mass is 357 g/mol. The van der Waals surface area contributed by atoms with Gasteiger partial charge in [-0.3, -0.25) is 0 Å². The van der Waals surface area contributed by atoms with E-state index in [2.05, 4.69) is 40.3 Å². The summed E-state index contributed by atoms with van der Waals surface area (Å²) < 4.78 is 17.6. The third-order valence-corrected chi connectivity index (χ3v) is 4.17. The summed E-state index contributed by atoms with van der Waals surface area (Å²) in [6.45, 7) is 5.13. The summed E-state index contributed by atoms with van der Waals surface area (Å²) in [5.41, 5.74) is 1.22. The zero-order chi connectivity index (χ0) is 15.1. The van der Waals surface area contributed by atoms with Gasteiger partial charge in [0.15, 0.2) is 0 Å². The van der Waals surface area contributed by atoms with Crippen LogP contribution in [0, 0.1) is 0 Å². The normalized spacial score (nSPS) is 21.7. The van der Waals surface area contributed by atoms with Gasteiger partial charge in [0.05, 0.1) is 23.3 Å². The zero-order valence-electron chi connectivity index (χ0n) is 12.7. The molecule has 1 aliphatic heterocycles. The average molecular weight is 358 g/mol. The van der Waals surface area contributed by atoms with Crippen LogP contribution in [0.4, 0.5) is 0 Å². The molecule has 2 atom stereocenters. The van der Waals surface area contributed by atoms with Gasteiger partial charge in [0.2, 0.25) is 0 Å². The first-order valence-electron chi connectivity index (χ1n) is 7.45. The molecule has 0 saturated carbocycles. The van der Waals surface area contributed by atoms with Crippen LogP contribution in [0.15, 0.2) is 22.7 Å². The third-order valence-electron chi connectivity index (χ3n) is 3.55. The van der Waals surface area contributed by atoms with Gasteiger partial charge in [0, 0.05) is 20.2 Å². The van der Waals surface area contributed by atoms with Crippen molar-refractivity contribution < 1.29 is 14.2 Å². The van der Waals surface area contributed by atoms with Crippen LogP contribution in [0.3, 0.4) is 0 Å². The van der Waals surface area contributed by atoms with E-state index >= 15 is 0 Å². The van der Waals surface area contributed by atoms with Crippen LogP contribution < -0.4 is 10.1 Å². The predicted octanol–water partition coefficient (Wildman–Crippen LogP) is 3.13. The number of methoxy groups -OCH3 is 1. The molecule has 0 aromatic heterocycles. The molecule has 1 heterocycles. The summed E-state index contributed by atoms with van der Waals surface area (Å²) in [6, 6.07) is 6.18. The second-order valence-corrected chi connectivity index (χ2v) is 6.25. The van der Waals surface area contributed by atoms with E-state index in [1.54, 1.807) is 7.11 Å². The zero-order valence-corrected chi connectivity index (χ0v) is 14.3. The van der Waals surface area contributed by atoms with E-state index in [4.69, 9.17) is 14.2 Å². The molecule has 0 spiro atoms. The van der Waals surface area contributed by atoms with Crippen molar-refractivity contribution in [3.8, 4) is 5.75 Å². The summed E-state index contributed by atoms with van der Waals surface area (Å²) >= 11 is 3.57. The van der Waals surface area contributed by atoms with Crippen LogP contribution in [-0.4, -0.2) is 39.1 Å². The molecule has 5 heteroatoms. The van der Waals surface area contributed by atoms with E-state index in [-0.39, 0.29) is 6.10 Å². The van der Waals surface area contributed by atoms with Crippen LogP contribution >= 0.6 is 15.9 Å². The molecule has 21 heavy (non-hydrogen) atoms. The van der Waals surface area contributed by atoms with E-state index in [9.17, 15) is 0 Å². The first kappa shape index (κ1) is 16.7. The molecule has 0 aliphatic carbocycles. The Morgan fingerprint density at radius 1 is 1.38 bits per heavy atom. The van der Waals surface area contributed by atoms with Gasteiger partial charge in [0.1, 0.15) is 12.4 Å². The lowest BCUT2D eigenvalue weighted by molar-refractivity contribution is 0.0263. The Labute approximate surface area is 135 Å². The summed E-state index contributed by atoms with van der Waals surface area (Å²) in [6.07, 6.45) is 2.80. The number of hydrogen-bond acceptors (Lipinski definition) is 4. The smallest absolute Gasteiger partial charge is 0.133 e. The maximum Gasteiger partial charge on any atom is 0.133 e. The first-order chi connectivity index (χ1) is 10.2. The standard InChI is InChI=1S/C16H24BrNO3/c1-12-3-5-14(21-12)11-20-16-6-4-13(9-15(16)17)10-18-7-8-19-2/h4,6,9,12,14,18H,3,5,7-8,10-11H2,1-2H3. The van der Waals surface area contributed by atoms with E-state index in [1.165, 1.54) is 5.56 Å². The van der Waals surface area contributed by atoms with Crippen LogP contribution in [0.25, 0.3) is 0 Å². The van der Waals surface area contributed by atoms with E-state index in [0.29, 0.717) is 12.7 Å². The molecule has 0 radical (unpaired) electrons. The summed E-state index contributed by atoms with van der Waals surface area (Å²) in [5.74, 6) is 0.874. The largest absolute Gasteiger partial charge is 0.490 e. The summed E-state index contributed by atoms with van der Waals surface area (Å²) in [5, 5.41) is 3.32. The molecule has 1 N–H and O–H groups in total. The Balaban J connectivity index is 1.78. The lowest BCUT2D eigenvalue weighted by Crippen LogP contribution is -2.19. The van der Waals surface area contributed by atoms with Crippen molar-refractivity contribution in [2.75, 3.05) is 26.9 Å². The number of ether oxygens (including phenoxy) is 3. The van der Waals surface area contributed by atoms with Gasteiger partial charge in [-0.05, 0) is 53.4 Å². The van der Waals surface area contributed by atoms with Crippen LogP contribution in [0.1, 0.15) is 25.3 Å². The molecular formula is C16H24BrNO3. The second kappa shape index (κ2) is 8.73. The van der Waals surface area contributed by atoms with Gasteiger partial charge >= 0.3 is 0 Å². The lowest BCUT2D eigenvalue weighted by Gasteiger charge is -2.14. The Bertz CT molecular complexity index is 442. The summed E-state index contributed by atoms with van der Waals surface area (Å²) in [7, 11) is 1.71. The van der Waals surface area contributed by atoms with Crippen molar-refractivity contribution in [1.82, 2.24) is 5.32 Å². The predicted molar refractivity (Wildman–Crippen MR) is 86.8 cm³/mol. The lowest BCUT2D eigenvalue weighted by atomic mass is 10.2. The molecule has 1 fully saturated rings. The Kier molecular flexibility index (Phi) is 6.96. The SMILES string of the molecule is COCCNCc1ccc(OCC2CCC(C)O2)c(Br)c1. The molecule has 1 aliphatic rings. The minimum Gasteiger partial charge on any atom is -0.490 e. The Morgan fingerprint density at radius 2 is 2.24 bits per heavy atom. The van der Waals surface area contributed by atoms with Crippen LogP contribution in [0.2, 0.25) is 0 Å². The third kappa shape index (κ3) is 5.58. The van der Waals surface area contributed by atoms with Crippen LogP contribution in [0.5, 0.6) is 5.75 Å². The number of benzene rings is 1. The quantitative estimate of drug-likeness (QED) is 0.725. The van der Waals surface area contributed by atoms with Gasteiger partial charge in [-0.2, -0.15) is 0 Å². The fraction of sp³-hybridized carbons (Fsp3) is 0.625. The van der Waals surface area contributed by atoms with Gasteiger partial charge in [-0.25, -0.2) is 0 Å². The molecule has 118 valence electrons. The molecule has 4 nitrogen and oxygen atoms in total. The molecular weight excluding hydrogens is 334 g/mol. The number of nitrogens with one attached hydrogen (secondary N) is 1. The highest BCUT2D eigenvalue weighted by Crippen LogP contribution is 2.27. The number of rotatable bonds is 8. The van der Waals surface area contributed by atoms with Crippen molar-refractivity contribution in [1.29, 1.82) is 0 Å². The van der Waals surface area contributed by atoms with Crippen molar-refractivity contribution in [3.05, 3.63) is 28.2 Å². The highest BCUT2D eigenvalue weighted by atomic mass is 79.9. The fourth-order valence-corrected chi connectivity index (χ4v) is 2.91. The van der Waals surface area contributed by atoms with Crippen molar-refractivity contribution >= 4 is 15.9 Å². The minimum absolute atomic E-state index is 0.224. The summed E-state index contributed by atoms with van der Waals surface area (Å²) in [4.78, 5) is 0. The topological polar surface area (TPSA) is 39.7 Å². The van der Waals surface area contributed by atoms with Gasteiger partial charge < -0.3 is 19.5 Å². The van der Waals surface area contributed by atoms with Crippen molar-refractivity contribution in [3.63, 3.8) is 0 Å². The van der Waals surface area contributed by atoms with Crippen molar-refractivity contribution in [2.24, 2.45) is 0 Å². The maximum absolute atomic E-state index is 5.85. The highest BCUT2D eigenvalue weighted by Gasteiger charge is 2.22. The molecule has 1 saturated heterocycles. The van der Waals surface area contributed by atoms with Gasteiger partial charge in [-0.1, -0.05) is 6.07 Å². The van der Waals surface area contributed by atoms with E-state index < -0.39 is 0 Å². The molecule has 2 rings (SSSR count). The number of hydrogen-bond donors (Lipinski definition) is 1. The minimum atomic E-state index is 0.224. The molecule has 2 unspecified atom stereocenters. The molecule has 1 aromatic carbocycles. The molecule has 0 amide bonds. The fourth-order valence-electron chi connectivity index (χ4n) is 2.37. The van der Waals surface area contributed by atoms with E-state index in [1.807, 2.05) is 6.07 Å². The van der Waals surface area contributed by atoms with Crippen LogP contribution in [-0.2, 0) is 16.0 Å². The van der Waals surface area contributed by atoms with Crippen molar-refractivity contribution in [2.45, 2.75) is 38.5 Å². The highest BCUT2D eigenvalue weighted by molar-refractivity contribution is 9.10. The molecule has 0 bridgehead atoms. The Morgan fingerprint density at radius 3 is 2.90 bits per heavy atom. The maximum atomic E-state index is 5.85. The number of halogens is 1. The average Bonchev–Trinajstić information content (AvgIpc) is 2.88. The van der Waals surface area contributed by atoms with Gasteiger partial charge in [-0.15, -0.1) is 0 Å². The molecule has 1 aromatic rings. The Hall–Kier alpha value is -0.620. The van der Waals surface area contributed by atoms with Gasteiger partial charge in [0.25, 0.3) is 0 Å².